The van der Waals surface area contributed by atoms with Gasteiger partial charge < -0.3 is 10.6 Å². The Labute approximate surface area is 120 Å². The highest BCUT2D eigenvalue weighted by Gasteiger charge is 2.08. The molecule has 2 aromatic rings. The molecule has 0 unspecified atom stereocenters. The van der Waals surface area contributed by atoms with Gasteiger partial charge in [-0.1, -0.05) is 23.7 Å². The summed E-state index contributed by atoms with van der Waals surface area (Å²) in [6.07, 6.45) is 1.73. The van der Waals surface area contributed by atoms with Crippen LogP contribution in [0.5, 0.6) is 0 Å². The Hall–Kier alpha value is -1.26. The molecule has 18 heavy (non-hydrogen) atoms. The minimum absolute atomic E-state index is 0.621. The Morgan fingerprint density at radius 3 is 2.83 bits per heavy atom. The molecule has 0 aliphatic rings. The SMILES string of the molecule is CN(Cc1cccc(N)c1)c1ncc(Br)cc1Cl. The molecule has 0 aliphatic carbocycles. The van der Waals surface area contributed by atoms with Crippen LogP contribution in [0, 0.1) is 0 Å². The van der Waals surface area contributed by atoms with Crippen molar-refractivity contribution in [2.75, 3.05) is 17.7 Å². The number of hydrogen-bond donors (Lipinski definition) is 1. The van der Waals surface area contributed by atoms with Crippen LogP contribution < -0.4 is 10.6 Å². The summed E-state index contributed by atoms with van der Waals surface area (Å²) < 4.78 is 0.869. The molecule has 1 aromatic carbocycles. The van der Waals surface area contributed by atoms with E-state index in [1.54, 1.807) is 6.20 Å². The van der Waals surface area contributed by atoms with Crippen molar-refractivity contribution >= 4 is 39.0 Å². The standard InChI is InChI=1S/C13H13BrClN3/c1-18(8-9-3-2-4-11(16)5-9)13-12(15)6-10(14)7-17-13/h2-7H,8,16H2,1H3. The first-order chi connectivity index (χ1) is 8.56. The smallest absolute Gasteiger partial charge is 0.147 e. The van der Waals surface area contributed by atoms with E-state index in [-0.39, 0.29) is 0 Å². The zero-order chi connectivity index (χ0) is 13.1. The topological polar surface area (TPSA) is 42.1 Å². The highest BCUT2D eigenvalue weighted by atomic mass is 79.9. The predicted octanol–water partition coefficient (Wildman–Crippen LogP) is 3.72. The number of aromatic nitrogens is 1. The molecule has 0 radical (unpaired) electrons. The van der Waals surface area contributed by atoms with Crippen molar-refractivity contribution in [2.45, 2.75) is 6.54 Å². The first-order valence-electron chi connectivity index (χ1n) is 5.43. The van der Waals surface area contributed by atoms with Crippen LogP contribution in [0.3, 0.4) is 0 Å². The van der Waals surface area contributed by atoms with Gasteiger partial charge >= 0.3 is 0 Å². The normalized spacial score (nSPS) is 10.4. The Morgan fingerprint density at radius 2 is 2.17 bits per heavy atom. The molecule has 2 rings (SSSR count). The van der Waals surface area contributed by atoms with E-state index in [1.807, 2.05) is 42.3 Å². The van der Waals surface area contributed by atoms with Crippen molar-refractivity contribution in [3.05, 3.63) is 51.6 Å². The molecular weight excluding hydrogens is 314 g/mol. The van der Waals surface area contributed by atoms with Gasteiger partial charge in [-0.05, 0) is 39.7 Å². The number of halogens is 2. The Bertz CT molecular complexity index is 560. The fourth-order valence-electron chi connectivity index (χ4n) is 1.73. The van der Waals surface area contributed by atoms with E-state index in [0.29, 0.717) is 11.6 Å². The highest BCUT2D eigenvalue weighted by Crippen LogP contribution is 2.26. The number of pyridine rings is 1. The molecule has 0 fully saturated rings. The van der Waals surface area contributed by atoms with Gasteiger partial charge in [-0.15, -0.1) is 0 Å². The van der Waals surface area contributed by atoms with Gasteiger partial charge in [0.15, 0.2) is 0 Å². The van der Waals surface area contributed by atoms with Crippen LogP contribution in [-0.4, -0.2) is 12.0 Å². The number of hydrogen-bond acceptors (Lipinski definition) is 3. The summed E-state index contributed by atoms with van der Waals surface area (Å²) in [6.45, 7) is 0.708. The second-order valence-corrected chi connectivity index (χ2v) is 5.38. The predicted molar refractivity (Wildman–Crippen MR) is 79.9 cm³/mol. The summed E-state index contributed by atoms with van der Waals surface area (Å²) in [5.41, 5.74) is 7.64. The average Bonchev–Trinajstić information content (AvgIpc) is 2.28. The number of nitrogen functional groups attached to an aromatic ring is 1. The van der Waals surface area contributed by atoms with Crippen LogP contribution in [0.25, 0.3) is 0 Å². The lowest BCUT2D eigenvalue weighted by atomic mass is 10.2. The molecular formula is C13H13BrClN3. The molecule has 0 atom stereocenters. The molecule has 0 aliphatic heterocycles. The maximum Gasteiger partial charge on any atom is 0.147 e. The van der Waals surface area contributed by atoms with E-state index in [9.17, 15) is 0 Å². The molecule has 0 bridgehead atoms. The number of anilines is 2. The first kappa shape index (κ1) is 13.2. The minimum Gasteiger partial charge on any atom is -0.399 e. The Morgan fingerprint density at radius 1 is 1.39 bits per heavy atom. The summed E-state index contributed by atoms with van der Waals surface area (Å²) in [5.74, 6) is 0.752. The summed E-state index contributed by atoms with van der Waals surface area (Å²) >= 11 is 9.50. The van der Waals surface area contributed by atoms with Crippen molar-refractivity contribution in [2.24, 2.45) is 0 Å². The quantitative estimate of drug-likeness (QED) is 0.874. The molecule has 3 nitrogen and oxygen atoms in total. The van der Waals surface area contributed by atoms with E-state index < -0.39 is 0 Å². The van der Waals surface area contributed by atoms with Gasteiger partial charge in [0, 0.05) is 29.9 Å². The van der Waals surface area contributed by atoms with Gasteiger partial charge in [0.25, 0.3) is 0 Å². The second kappa shape index (κ2) is 5.59. The maximum atomic E-state index is 6.16. The van der Waals surface area contributed by atoms with Crippen LogP contribution in [0.4, 0.5) is 11.5 Å². The number of nitrogens with two attached hydrogens (primary N) is 1. The molecule has 0 amide bonds. The number of nitrogens with zero attached hydrogens (tertiary/aromatic N) is 2. The van der Waals surface area contributed by atoms with Crippen molar-refractivity contribution in [3.63, 3.8) is 0 Å². The number of benzene rings is 1. The number of rotatable bonds is 3. The summed E-state index contributed by atoms with van der Waals surface area (Å²) in [7, 11) is 1.95. The van der Waals surface area contributed by atoms with E-state index >= 15 is 0 Å². The summed E-state index contributed by atoms with van der Waals surface area (Å²) in [5, 5.41) is 0.621. The van der Waals surface area contributed by atoms with Crippen LogP contribution in [0.1, 0.15) is 5.56 Å². The zero-order valence-corrected chi connectivity index (χ0v) is 12.2. The largest absolute Gasteiger partial charge is 0.399 e. The Balaban J connectivity index is 2.19. The second-order valence-electron chi connectivity index (χ2n) is 4.06. The van der Waals surface area contributed by atoms with Crippen molar-refractivity contribution in [1.29, 1.82) is 0 Å². The van der Waals surface area contributed by atoms with Crippen molar-refractivity contribution < 1.29 is 0 Å². The van der Waals surface area contributed by atoms with Crippen molar-refractivity contribution in [1.82, 2.24) is 4.98 Å². The molecule has 0 spiro atoms. The third kappa shape index (κ3) is 3.15. The molecule has 0 saturated carbocycles. The summed E-state index contributed by atoms with van der Waals surface area (Å²) in [4.78, 5) is 6.30. The van der Waals surface area contributed by atoms with Gasteiger partial charge in [0.05, 0.1) is 5.02 Å². The molecule has 5 heteroatoms. The minimum atomic E-state index is 0.621. The monoisotopic (exact) mass is 325 g/mol. The van der Waals surface area contributed by atoms with Crippen molar-refractivity contribution in [3.8, 4) is 0 Å². The van der Waals surface area contributed by atoms with Crippen LogP contribution >= 0.6 is 27.5 Å². The van der Waals surface area contributed by atoms with Gasteiger partial charge in [0.2, 0.25) is 0 Å². The third-order valence-electron chi connectivity index (χ3n) is 2.52. The lowest BCUT2D eigenvalue weighted by Gasteiger charge is -2.19. The lowest BCUT2D eigenvalue weighted by molar-refractivity contribution is 0.898. The first-order valence-corrected chi connectivity index (χ1v) is 6.60. The fraction of sp³-hybridized carbons (Fsp3) is 0.154. The van der Waals surface area contributed by atoms with E-state index in [0.717, 1.165) is 21.5 Å². The van der Waals surface area contributed by atoms with Gasteiger partial charge in [0.1, 0.15) is 5.82 Å². The maximum absolute atomic E-state index is 6.16. The van der Waals surface area contributed by atoms with E-state index in [2.05, 4.69) is 20.9 Å². The molecule has 1 aromatic heterocycles. The fourth-order valence-corrected chi connectivity index (χ4v) is 2.50. The molecule has 94 valence electrons. The van der Waals surface area contributed by atoms with E-state index in [1.165, 1.54) is 0 Å². The van der Waals surface area contributed by atoms with Gasteiger partial charge in [-0.25, -0.2) is 4.98 Å². The Kier molecular flexibility index (Phi) is 4.09. The summed E-state index contributed by atoms with van der Waals surface area (Å²) in [6, 6.07) is 9.62. The molecule has 2 N–H and O–H groups in total. The van der Waals surface area contributed by atoms with Crippen LogP contribution in [0.2, 0.25) is 5.02 Å². The van der Waals surface area contributed by atoms with Gasteiger partial charge in [-0.2, -0.15) is 0 Å². The van der Waals surface area contributed by atoms with Gasteiger partial charge in [-0.3, -0.25) is 0 Å². The van der Waals surface area contributed by atoms with E-state index in [4.69, 9.17) is 17.3 Å². The third-order valence-corrected chi connectivity index (χ3v) is 3.23. The zero-order valence-electron chi connectivity index (χ0n) is 9.90. The molecule has 1 heterocycles. The molecule has 0 saturated heterocycles. The van der Waals surface area contributed by atoms with Crippen LogP contribution in [0.15, 0.2) is 41.0 Å². The lowest BCUT2D eigenvalue weighted by Crippen LogP contribution is -2.18. The highest BCUT2D eigenvalue weighted by molar-refractivity contribution is 9.10. The average molecular weight is 327 g/mol. The van der Waals surface area contributed by atoms with Crippen LogP contribution in [-0.2, 0) is 6.54 Å².